The number of halogens is 3. The van der Waals surface area contributed by atoms with Crippen LogP contribution in [0.1, 0.15) is 48.9 Å². The molecule has 1 saturated heterocycles. The maximum absolute atomic E-state index is 13.0. The Morgan fingerprint density at radius 3 is 2.61 bits per heavy atom. The molecule has 13 heteroatoms. The lowest BCUT2D eigenvalue weighted by atomic mass is 10.0. The molecular weight excluding hydrogens is 572 g/mol. The van der Waals surface area contributed by atoms with Crippen LogP contribution in [0, 0.1) is 0 Å². The molecule has 2 aliphatic heterocycles. The predicted octanol–water partition coefficient (Wildman–Crippen LogP) is 4.29. The molecule has 1 aliphatic carbocycles. The minimum Gasteiger partial charge on any atom is -0.495 e. The zero-order valence-electron chi connectivity index (χ0n) is 23.3. The lowest BCUT2D eigenvalue weighted by molar-refractivity contribution is -0.118. The number of fused-ring (bicyclic) bond motifs is 1. The van der Waals surface area contributed by atoms with Gasteiger partial charge >= 0.3 is 0 Å². The van der Waals surface area contributed by atoms with Gasteiger partial charge in [-0.2, -0.15) is 4.98 Å². The van der Waals surface area contributed by atoms with Crippen LogP contribution in [-0.4, -0.2) is 90.1 Å². The number of methoxy groups -OCH3 is 1. The molecule has 5 rings (SSSR count). The predicted molar refractivity (Wildman–Crippen MR) is 159 cm³/mol. The number of hydrogen-bond acceptors (Lipinski definition) is 8. The molecule has 0 unspecified atom stereocenters. The number of carbonyl (C=O) groups excluding carboxylic acids is 2. The number of hydrogen-bond donors (Lipinski definition) is 2. The van der Waals surface area contributed by atoms with E-state index >= 15 is 0 Å². The maximum atomic E-state index is 13.0. The number of aromatic nitrogens is 2. The summed E-state index contributed by atoms with van der Waals surface area (Å²) in [5, 5.41) is 6.29. The first kappa shape index (κ1) is 29.6. The molecule has 10 nitrogen and oxygen atoms in total. The highest BCUT2D eigenvalue weighted by molar-refractivity contribution is 6.59. The van der Waals surface area contributed by atoms with Crippen molar-refractivity contribution >= 4 is 58.2 Å². The highest BCUT2D eigenvalue weighted by atomic mass is 35.5. The van der Waals surface area contributed by atoms with E-state index in [1.807, 2.05) is 4.90 Å². The molecule has 1 saturated carbocycles. The number of likely N-dealkylation sites (tertiary alicyclic amines) is 1. The summed E-state index contributed by atoms with van der Waals surface area (Å²) in [6.07, 6.45) is 7.25. The topological polar surface area (TPSA) is 103 Å². The van der Waals surface area contributed by atoms with Gasteiger partial charge < -0.3 is 30.1 Å². The van der Waals surface area contributed by atoms with Crippen LogP contribution < -0.4 is 25.2 Å². The molecule has 2 aromatic rings. The third-order valence-electron chi connectivity index (χ3n) is 8.17. The van der Waals surface area contributed by atoms with Gasteiger partial charge in [-0.25, -0.2) is 9.37 Å². The minimum atomic E-state index is -1.61. The van der Waals surface area contributed by atoms with Crippen LogP contribution in [-0.2, 0) is 4.79 Å². The van der Waals surface area contributed by atoms with Crippen LogP contribution in [0.25, 0.3) is 0 Å². The first-order chi connectivity index (χ1) is 19.7. The molecule has 222 valence electrons. The van der Waals surface area contributed by atoms with Crippen molar-refractivity contribution in [1.29, 1.82) is 0 Å². The minimum absolute atomic E-state index is 0.0441. The summed E-state index contributed by atoms with van der Waals surface area (Å²) in [6, 6.07) is 5.35. The summed E-state index contributed by atoms with van der Waals surface area (Å²) in [7, 11) is 3.15. The van der Waals surface area contributed by atoms with Gasteiger partial charge in [-0.1, -0.05) is 36.0 Å². The fraction of sp³-hybridized carbons (Fsp3) is 0.571. The highest BCUT2D eigenvalue weighted by Gasteiger charge is 2.45. The van der Waals surface area contributed by atoms with Crippen molar-refractivity contribution in [3.63, 3.8) is 0 Å². The summed E-state index contributed by atoms with van der Waals surface area (Å²) < 4.78 is 16.6. The molecule has 3 aliphatic rings. The van der Waals surface area contributed by atoms with Crippen molar-refractivity contribution in [1.82, 2.24) is 20.2 Å². The Morgan fingerprint density at radius 2 is 1.93 bits per heavy atom. The van der Waals surface area contributed by atoms with Crippen LogP contribution in [0.15, 0.2) is 24.4 Å². The molecule has 1 aromatic heterocycles. The van der Waals surface area contributed by atoms with Crippen molar-refractivity contribution in [2.75, 3.05) is 62.1 Å². The molecule has 2 fully saturated rings. The molecule has 41 heavy (non-hydrogen) atoms. The van der Waals surface area contributed by atoms with Crippen molar-refractivity contribution in [3.05, 3.63) is 30.0 Å². The highest BCUT2D eigenvalue weighted by Crippen LogP contribution is 2.41. The van der Waals surface area contributed by atoms with Gasteiger partial charge in [0.1, 0.15) is 18.1 Å². The fourth-order valence-corrected chi connectivity index (χ4v) is 6.36. The molecule has 0 atom stereocenters. The first-order valence-corrected chi connectivity index (χ1v) is 14.8. The standard InChI is InChI=1S/C28H36Cl2FN7O3/c1-36-22-16-32-27(35-24(22)38(20-5-3-4-6-20)17-28(29,30)26(36)40)34-21-8-7-18(15-23(21)41-2)25(39)33-19-9-12-37(13-10-19)14-11-31/h7-8,15-16,19-20H,3-6,9-14,17H2,1-2H3,(H,33,39)(H,32,34,35). The van der Waals surface area contributed by atoms with Crippen LogP contribution >= 0.6 is 23.2 Å². The fourth-order valence-electron chi connectivity index (χ4n) is 5.85. The second kappa shape index (κ2) is 12.5. The van der Waals surface area contributed by atoms with E-state index in [1.165, 1.54) is 12.0 Å². The summed E-state index contributed by atoms with van der Waals surface area (Å²) in [5.74, 6) is 0.730. The van der Waals surface area contributed by atoms with E-state index in [9.17, 15) is 14.0 Å². The van der Waals surface area contributed by atoms with Gasteiger partial charge in [-0.15, -0.1) is 0 Å². The van der Waals surface area contributed by atoms with Crippen LogP contribution in [0.3, 0.4) is 0 Å². The molecular formula is C28H36Cl2FN7O3. The molecule has 2 N–H and O–H groups in total. The molecule has 2 amide bonds. The lowest BCUT2D eigenvalue weighted by Crippen LogP contribution is -2.46. The van der Waals surface area contributed by atoms with Crippen molar-refractivity contribution < 1.29 is 18.7 Å². The monoisotopic (exact) mass is 607 g/mol. The third-order valence-corrected chi connectivity index (χ3v) is 8.73. The lowest BCUT2D eigenvalue weighted by Gasteiger charge is -2.32. The Labute approximate surface area is 249 Å². The Hall–Kier alpha value is -2.89. The van der Waals surface area contributed by atoms with Crippen LogP contribution in [0.2, 0.25) is 0 Å². The summed E-state index contributed by atoms with van der Waals surface area (Å²) in [4.78, 5) is 40.8. The second-order valence-electron chi connectivity index (χ2n) is 10.9. The SMILES string of the molecule is COc1cc(C(=O)NC2CCN(CCF)CC2)ccc1Nc1ncc2c(n1)N(C1CCCC1)CC(Cl)(Cl)C(=O)N2C. The van der Waals surface area contributed by atoms with E-state index in [0.29, 0.717) is 41.0 Å². The van der Waals surface area contributed by atoms with E-state index in [1.54, 1.807) is 31.4 Å². The Balaban J connectivity index is 1.34. The second-order valence-corrected chi connectivity index (χ2v) is 12.3. The average Bonchev–Trinajstić information content (AvgIpc) is 3.49. The van der Waals surface area contributed by atoms with E-state index in [4.69, 9.17) is 32.9 Å². The number of alkyl halides is 3. The zero-order chi connectivity index (χ0) is 29.1. The van der Waals surface area contributed by atoms with Crippen LogP contribution in [0.5, 0.6) is 5.75 Å². The molecule has 0 bridgehead atoms. The molecule has 1 aromatic carbocycles. The number of benzene rings is 1. The number of nitrogens with one attached hydrogen (secondary N) is 2. The number of amides is 2. The van der Waals surface area contributed by atoms with Gasteiger partial charge in [0, 0.05) is 44.3 Å². The Bertz CT molecular complexity index is 1270. The Kier molecular flexibility index (Phi) is 9.06. The Morgan fingerprint density at radius 1 is 1.20 bits per heavy atom. The number of carbonyl (C=O) groups is 2. The number of ether oxygens (including phenoxy) is 1. The summed E-state index contributed by atoms with van der Waals surface area (Å²) >= 11 is 13.0. The number of rotatable bonds is 8. The normalized spacial score (nSPS) is 20.1. The van der Waals surface area contributed by atoms with Crippen molar-refractivity contribution in [3.8, 4) is 5.75 Å². The molecule has 3 heterocycles. The van der Waals surface area contributed by atoms with Crippen LogP contribution in [0.4, 0.5) is 27.5 Å². The number of nitrogens with zero attached hydrogens (tertiary/aromatic N) is 5. The average molecular weight is 609 g/mol. The largest absolute Gasteiger partial charge is 0.495 e. The van der Waals surface area contributed by atoms with Gasteiger partial charge in [-0.3, -0.25) is 9.59 Å². The van der Waals surface area contributed by atoms with Gasteiger partial charge in [0.25, 0.3) is 11.8 Å². The smallest absolute Gasteiger partial charge is 0.265 e. The number of piperidine rings is 1. The maximum Gasteiger partial charge on any atom is 0.265 e. The van der Waals surface area contributed by atoms with Crippen molar-refractivity contribution in [2.45, 2.75) is 54.9 Å². The van der Waals surface area contributed by atoms with E-state index in [0.717, 1.165) is 51.6 Å². The quantitative estimate of drug-likeness (QED) is 0.428. The van der Waals surface area contributed by atoms with E-state index in [2.05, 4.69) is 20.5 Å². The van der Waals surface area contributed by atoms with Crippen molar-refractivity contribution in [2.24, 2.45) is 0 Å². The van der Waals surface area contributed by atoms with Gasteiger partial charge in [0.05, 0.1) is 25.5 Å². The molecule has 0 spiro atoms. The first-order valence-electron chi connectivity index (χ1n) is 14.0. The van der Waals surface area contributed by atoms with E-state index in [-0.39, 0.29) is 31.2 Å². The molecule has 0 radical (unpaired) electrons. The third kappa shape index (κ3) is 6.47. The van der Waals surface area contributed by atoms with Gasteiger partial charge in [-0.05, 0) is 43.9 Å². The number of anilines is 4. The summed E-state index contributed by atoms with van der Waals surface area (Å²) in [5.41, 5.74) is 1.58. The zero-order valence-corrected chi connectivity index (χ0v) is 24.8. The van der Waals surface area contributed by atoms with Gasteiger partial charge in [0.2, 0.25) is 10.3 Å². The van der Waals surface area contributed by atoms with E-state index < -0.39 is 10.2 Å². The summed E-state index contributed by atoms with van der Waals surface area (Å²) in [6.45, 7) is 1.73. The van der Waals surface area contributed by atoms with Gasteiger partial charge in [0.15, 0.2) is 5.82 Å².